The molecule has 0 radical (unpaired) electrons. The smallest absolute Gasteiger partial charge is 0.434 e. The first-order valence-electron chi connectivity index (χ1n) is 16.8. The van der Waals surface area contributed by atoms with E-state index in [2.05, 4.69) is 102 Å². The maximum absolute atomic E-state index is 12.5. The van der Waals surface area contributed by atoms with Crippen LogP contribution in [0.3, 0.4) is 0 Å². The lowest BCUT2D eigenvalue weighted by atomic mass is 9.80. The topological polar surface area (TPSA) is 47.6 Å². The Hall–Kier alpha value is -2.33. The first-order valence-corrected chi connectivity index (χ1v) is 16.8. The van der Waals surface area contributed by atoms with Gasteiger partial charge in [-0.05, 0) is 39.5 Å². The van der Waals surface area contributed by atoms with Gasteiger partial charge >= 0.3 is 6.16 Å². The highest BCUT2D eigenvalue weighted by molar-refractivity contribution is 5.60. The van der Waals surface area contributed by atoms with E-state index in [0.29, 0.717) is 13.2 Å². The zero-order valence-corrected chi connectivity index (χ0v) is 27.8. The van der Waals surface area contributed by atoms with E-state index in [1.54, 1.807) is 0 Å². The van der Waals surface area contributed by atoms with Crippen LogP contribution in [0.5, 0.6) is 0 Å². The number of nitrogens with one attached hydrogen (secondary N) is 1. The highest BCUT2D eigenvalue weighted by Crippen LogP contribution is 2.35. The largest absolute Gasteiger partial charge is 0.508 e. The molecule has 1 aliphatic heterocycles. The van der Waals surface area contributed by atoms with E-state index in [0.717, 1.165) is 19.3 Å². The van der Waals surface area contributed by atoms with Crippen LogP contribution in [0.1, 0.15) is 147 Å². The summed E-state index contributed by atoms with van der Waals surface area (Å²) in [7, 11) is 0. The number of ether oxygens (including phenoxy) is 2. The number of hydrogen-bond acceptors (Lipinski definition) is 4. The summed E-state index contributed by atoms with van der Waals surface area (Å²) in [5.74, 6) is 0.171. The van der Waals surface area contributed by atoms with Crippen LogP contribution in [0.2, 0.25) is 0 Å². The Balaban J connectivity index is 1.51. The molecule has 2 aromatic carbocycles. The number of carbonyl (C=O) groups is 1. The lowest BCUT2D eigenvalue weighted by molar-refractivity contribution is 0.0279. The Bertz CT molecular complexity index is 988. The van der Waals surface area contributed by atoms with Crippen molar-refractivity contribution in [2.75, 3.05) is 13.2 Å². The van der Waals surface area contributed by atoms with E-state index < -0.39 is 6.16 Å². The van der Waals surface area contributed by atoms with E-state index in [9.17, 15) is 4.79 Å². The molecule has 1 saturated heterocycles. The van der Waals surface area contributed by atoms with Gasteiger partial charge in [-0.3, -0.25) is 0 Å². The standard InChI is InChI=1S/C38H59NO3/c1-8-9-10-11-12-13-14-15-16-17-26-41-36(40)42-33-27-34(39-28-33)35(29-18-22-31(23-19-29)37(2,3)4)30-20-24-32(25-21-30)38(5,6)7/h18-25,33-35,39H,8-17,26-28H2,1-7H3/t33-,34-/m1/s1. The van der Waals surface area contributed by atoms with Gasteiger partial charge in [0.05, 0.1) is 6.61 Å². The van der Waals surface area contributed by atoms with Crippen molar-refractivity contribution in [3.8, 4) is 0 Å². The summed E-state index contributed by atoms with van der Waals surface area (Å²) in [4.78, 5) is 12.5. The SMILES string of the molecule is CCCCCCCCCCCCOC(=O)O[C@H]1CN[C@@H](C(c2ccc(C(C)(C)C)cc2)c2ccc(C(C)(C)C)cc2)C1. The second kappa shape index (κ2) is 16.5. The Labute approximate surface area is 257 Å². The Morgan fingerprint density at radius 2 is 1.19 bits per heavy atom. The molecule has 0 aromatic heterocycles. The monoisotopic (exact) mass is 577 g/mol. The van der Waals surface area contributed by atoms with Gasteiger partial charge in [-0.15, -0.1) is 0 Å². The minimum atomic E-state index is -0.529. The molecule has 3 rings (SSSR count). The average molecular weight is 578 g/mol. The molecule has 1 fully saturated rings. The van der Waals surface area contributed by atoms with Crippen LogP contribution in [0.25, 0.3) is 0 Å². The summed E-state index contributed by atoms with van der Waals surface area (Å²) >= 11 is 0. The molecule has 0 spiro atoms. The average Bonchev–Trinajstić information content (AvgIpc) is 3.39. The lowest BCUT2D eigenvalue weighted by Gasteiger charge is -2.27. The predicted molar refractivity (Wildman–Crippen MR) is 177 cm³/mol. The Kier molecular flexibility index (Phi) is 13.4. The van der Waals surface area contributed by atoms with Crippen molar-refractivity contribution in [1.29, 1.82) is 0 Å². The summed E-state index contributed by atoms with van der Waals surface area (Å²) in [6.07, 6.45) is 12.7. The van der Waals surface area contributed by atoms with Crippen molar-refractivity contribution >= 4 is 6.16 Å². The summed E-state index contributed by atoms with van der Waals surface area (Å²) in [6.45, 7) is 16.9. The molecule has 0 bridgehead atoms. The zero-order valence-electron chi connectivity index (χ0n) is 27.8. The zero-order chi connectivity index (χ0) is 30.6. The summed E-state index contributed by atoms with van der Waals surface area (Å²) in [6, 6.07) is 18.3. The molecule has 0 amide bonds. The van der Waals surface area contributed by atoms with Gasteiger partial charge in [0.15, 0.2) is 0 Å². The predicted octanol–water partition coefficient (Wildman–Crippen LogP) is 10.2. The van der Waals surface area contributed by atoms with Gasteiger partial charge in [0.1, 0.15) is 6.10 Å². The molecular weight excluding hydrogens is 518 g/mol. The molecule has 2 aromatic rings. The minimum absolute atomic E-state index is 0.112. The fourth-order valence-corrected chi connectivity index (χ4v) is 6.03. The number of carbonyl (C=O) groups excluding carboxylic acids is 1. The van der Waals surface area contributed by atoms with Crippen LogP contribution in [0, 0.1) is 0 Å². The molecule has 4 nitrogen and oxygen atoms in total. The van der Waals surface area contributed by atoms with Gasteiger partial charge in [-0.2, -0.15) is 0 Å². The number of hydrogen-bond donors (Lipinski definition) is 1. The van der Waals surface area contributed by atoms with Crippen LogP contribution in [0.15, 0.2) is 48.5 Å². The van der Waals surface area contributed by atoms with Gasteiger partial charge in [-0.1, -0.05) is 155 Å². The first-order chi connectivity index (χ1) is 20.0. The molecular formula is C38H59NO3. The first kappa shape index (κ1) is 34.2. The molecule has 1 N–H and O–H groups in total. The molecule has 0 saturated carbocycles. The van der Waals surface area contributed by atoms with Crippen molar-refractivity contribution in [3.63, 3.8) is 0 Å². The van der Waals surface area contributed by atoms with E-state index in [4.69, 9.17) is 9.47 Å². The minimum Gasteiger partial charge on any atom is -0.434 e. The van der Waals surface area contributed by atoms with E-state index in [1.807, 2.05) is 0 Å². The molecule has 234 valence electrons. The summed E-state index contributed by atoms with van der Waals surface area (Å²) in [5, 5.41) is 3.68. The van der Waals surface area contributed by atoms with E-state index in [1.165, 1.54) is 73.6 Å². The molecule has 1 heterocycles. The van der Waals surface area contributed by atoms with E-state index in [-0.39, 0.29) is 28.9 Å². The van der Waals surface area contributed by atoms with Crippen molar-refractivity contribution < 1.29 is 14.3 Å². The molecule has 1 aliphatic rings. The van der Waals surface area contributed by atoms with Crippen LogP contribution in [0.4, 0.5) is 4.79 Å². The molecule has 2 atom stereocenters. The Morgan fingerprint density at radius 1 is 0.738 bits per heavy atom. The van der Waals surface area contributed by atoms with Crippen molar-refractivity contribution in [3.05, 3.63) is 70.8 Å². The highest BCUT2D eigenvalue weighted by Gasteiger charge is 2.35. The molecule has 0 unspecified atom stereocenters. The quantitative estimate of drug-likeness (QED) is 0.169. The van der Waals surface area contributed by atoms with E-state index >= 15 is 0 Å². The molecule has 4 heteroatoms. The van der Waals surface area contributed by atoms with Crippen molar-refractivity contribution in [1.82, 2.24) is 5.32 Å². The van der Waals surface area contributed by atoms with Crippen LogP contribution in [-0.2, 0) is 20.3 Å². The third kappa shape index (κ3) is 11.1. The van der Waals surface area contributed by atoms with Gasteiger partial charge in [0.25, 0.3) is 0 Å². The second-order valence-electron chi connectivity index (χ2n) is 14.5. The summed E-state index contributed by atoms with van der Waals surface area (Å²) < 4.78 is 11.2. The van der Waals surface area contributed by atoms with Gasteiger partial charge in [-0.25, -0.2) is 4.79 Å². The third-order valence-electron chi connectivity index (χ3n) is 8.78. The lowest BCUT2D eigenvalue weighted by Crippen LogP contribution is -2.30. The number of rotatable bonds is 15. The number of benzene rings is 2. The Morgan fingerprint density at radius 3 is 1.64 bits per heavy atom. The molecule has 42 heavy (non-hydrogen) atoms. The van der Waals surface area contributed by atoms with Gasteiger partial charge in [0, 0.05) is 24.9 Å². The fourth-order valence-electron chi connectivity index (χ4n) is 6.03. The third-order valence-corrected chi connectivity index (χ3v) is 8.78. The normalized spacial score (nSPS) is 17.5. The fraction of sp³-hybridized carbons (Fsp3) is 0.658. The van der Waals surface area contributed by atoms with Crippen LogP contribution < -0.4 is 5.32 Å². The molecule has 0 aliphatic carbocycles. The van der Waals surface area contributed by atoms with Gasteiger partial charge < -0.3 is 14.8 Å². The highest BCUT2D eigenvalue weighted by atomic mass is 16.7. The van der Waals surface area contributed by atoms with Crippen LogP contribution >= 0.6 is 0 Å². The second-order valence-corrected chi connectivity index (χ2v) is 14.5. The van der Waals surface area contributed by atoms with Crippen LogP contribution in [-0.4, -0.2) is 31.5 Å². The van der Waals surface area contributed by atoms with Gasteiger partial charge in [0.2, 0.25) is 0 Å². The summed E-state index contributed by atoms with van der Waals surface area (Å²) in [5.41, 5.74) is 5.46. The van der Waals surface area contributed by atoms with Crippen molar-refractivity contribution in [2.24, 2.45) is 0 Å². The maximum atomic E-state index is 12.5. The maximum Gasteiger partial charge on any atom is 0.508 e. The van der Waals surface area contributed by atoms with Crippen molar-refractivity contribution in [2.45, 2.75) is 148 Å². The number of unbranched alkanes of at least 4 members (excludes halogenated alkanes) is 9.